The molecule has 2 aromatic rings. The minimum Gasteiger partial charge on any atom is -0.479 e. The predicted molar refractivity (Wildman–Crippen MR) is 98.3 cm³/mol. The molecule has 1 fully saturated rings. The summed E-state index contributed by atoms with van der Waals surface area (Å²) in [4.78, 5) is 11.8. The normalized spacial score (nSPS) is 16.6. The van der Waals surface area contributed by atoms with Crippen LogP contribution >= 0.6 is 0 Å². The molecule has 0 aromatic heterocycles. The van der Waals surface area contributed by atoms with Gasteiger partial charge in [0.1, 0.15) is 0 Å². The molecule has 0 radical (unpaired) electrons. The van der Waals surface area contributed by atoms with Gasteiger partial charge in [-0.1, -0.05) is 81.4 Å². The zero-order valence-corrected chi connectivity index (χ0v) is 15.5. The van der Waals surface area contributed by atoms with Gasteiger partial charge in [-0.15, -0.1) is 0 Å². The van der Waals surface area contributed by atoms with Crippen molar-refractivity contribution in [3.63, 3.8) is 0 Å². The van der Waals surface area contributed by atoms with Gasteiger partial charge in [-0.3, -0.25) is 0 Å². The highest BCUT2D eigenvalue weighted by Gasteiger charge is 2.61. The van der Waals surface area contributed by atoms with Gasteiger partial charge in [-0.05, 0) is 28.3 Å². The zero-order valence-electron chi connectivity index (χ0n) is 14.5. The molecule has 0 aliphatic heterocycles. The number of carboxylic acids is 1. The average molecular weight is 340 g/mol. The Morgan fingerprint density at radius 1 is 0.958 bits per heavy atom. The third kappa shape index (κ3) is 2.70. The molecule has 0 amide bonds. The summed E-state index contributed by atoms with van der Waals surface area (Å²) >= 11 is 0. The second kappa shape index (κ2) is 5.87. The molecule has 0 spiro atoms. The highest BCUT2D eigenvalue weighted by Crippen LogP contribution is 2.47. The van der Waals surface area contributed by atoms with E-state index in [-0.39, 0.29) is 5.04 Å². The number of hydrogen-bond acceptors (Lipinski definition) is 2. The first-order valence-electron chi connectivity index (χ1n) is 8.36. The van der Waals surface area contributed by atoms with Gasteiger partial charge in [-0.25, -0.2) is 4.79 Å². The van der Waals surface area contributed by atoms with Crippen molar-refractivity contribution in [1.82, 2.24) is 0 Å². The number of carbonyl (C=O) groups is 1. The third-order valence-electron chi connectivity index (χ3n) is 4.86. The maximum atomic E-state index is 11.8. The molecule has 1 saturated carbocycles. The van der Waals surface area contributed by atoms with Gasteiger partial charge >= 0.3 is 5.97 Å². The fourth-order valence-corrected chi connectivity index (χ4v) is 8.22. The van der Waals surface area contributed by atoms with Crippen molar-refractivity contribution in [2.24, 2.45) is 0 Å². The van der Waals surface area contributed by atoms with E-state index < -0.39 is 19.9 Å². The summed E-state index contributed by atoms with van der Waals surface area (Å²) in [5, 5.41) is 11.8. The van der Waals surface area contributed by atoms with Crippen molar-refractivity contribution in [2.75, 3.05) is 0 Å². The molecule has 2 aromatic carbocycles. The van der Waals surface area contributed by atoms with E-state index in [0.29, 0.717) is 12.8 Å². The van der Waals surface area contributed by atoms with Crippen LogP contribution in [-0.4, -0.2) is 25.0 Å². The molecule has 0 atom stereocenters. The smallest absolute Gasteiger partial charge is 0.334 e. The predicted octanol–water partition coefficient (Wildman–Crippen LogP) is 3.18. The summed E-state index contributed by atoms with van der Waals surface area (Å²) in [5.41, 5.74) is -1.02. The van der Waals surface area contributed by atoms with Crippen molar-refractivity contribution in [2.45, 2.75) is 44.3 Å². The van der Waals surface area contributed by atoms with E-state index in [1.165, 1.54) is 0 Å². The van der Waals surface area contributed by atoms with Crippen LogP contribution in [-0.2, 0) is 9.22 Å². The number of aliphatic carboxylic acids is 1. The number of benzene rings is 2. The van der Waals surface area contributed by atoms with Crippen molar-refractivity contribution < 1.29 is 14.3 Å². The van der Waals surface area contributed by atoms with E-state index in [1.807, 2.05) is 36.4 Å². The van der Waals surface area contributed by atoms with Crippen molar-refractivity contribution in [3.05, 3.63) is 60.7 Å². The lowest BCUT2D eigenvalue weighted by Gasteiger charge is -2.44. The summed E-state index contributed by atoms with van der Waals surface area (Å²) < 4.78 is 6.67. The number of rotatable bonds is 5. The standard InChI is InChI=1S/C20H24O3Si/c1-19(2,3)24(16-10-6-4-7-11-16,17-12-8-5-9-13-17)23-20(14-15-20)18(21)22/h4-13H,14-15H2,1-3H3,(H,21,22). The SMILES string of the molecule is CC(C)(C)[Si](OC1(C(=O)O)CC1)(c1ccccc1)c1ccccc1. The molecule has 3 rings (SSSR count). The molecule has 0 bridgehead atoms. The maximum absolute atomic E-state index is 11.8. The first-order valence-corrected chi connectivity index (χ1v) is 10.3. The van der Waals surface area contributed by atoms with Crippen LogP contribution < -0.4 is 10.4 Å². The first kappa shape index (κ1) is 16.9. The minimum absolute atomic E-state index is 0.194. The molecule has 4 heteroatoms. The van der Waals surface area contributed by atoms with Gasteiger partial charge in [0, 0.05) is 0 Å². The van der Waals surface area contributed by atoms with Crippen molar-refractivity contribution >= 4 is 24.7 Å². The van der Waals surface area contributed by atoms with E-state index in [2.05, 4.69) is 45.0 Å². The highest BCUT2D eigenvalue weighted by atomic mass is 28.4. The largest absolute Gasteiger partial charge is 0.479 e. The Kier molecular flexibility index (Phi) is 4.14. The molecule has 1 N–H and O–H groups in total. The molecule has 3 nitrogen and oxygen atoms in total. The summed E-state index contributed by atoms with van der Waals surface area (Å²) in [7, 11) is -2.77. The van der Waals surface area contributed by atoms with Crippen LogP contribution in [0.3, 0.4) is 0 Å². The number of carboxylic acid groups (broad SMARTS) is 1. The Balaban J connectivity index is 2.24. The third-order valence-corrected chi connectivity index (χ3v) is 9.96. The summed E-state index contributed by atoms with van der Waals surface area (Å²) in [6.07, 6.45) is 1.18. The Labute approximate surface area is 144 Å². The van der Waals surface area contributed by atoms with Crippen molar-refractivity contribution in [1.29, 1.82) is 0 Å². The molecule has 126 valence electrons. The van der Waals surface area contributed by atoms with Gasteiger partial charge in [0.05, 0.1) is 0 Å². The van der Waals surface area contributed by atoms with Crippen LogP contribution in [0.25, 0.3) is 0 Å². The van der Waals surface area contributed by atoms with Crippen LogP contribution in [0.5, 0.6) is 0 Å². The fourth-order valence-electron chi connectivity index (χ4n) is 3.42. The minimum atomic E-state index is -2.77. The summed E-state index contributed by atoms with van der Waals surface area (Å²) in [5.74, 6) is -0.838. The Morgan fingerprint density at radius 3 is 1.67 bits per heavy atom. The first-order chi connectivity index (χ1) is 11.3. The molecule has 1 aliphatic carbocycles. The Bertz CT molecular complexity index is 676. The van der Waals surface area contributed by atoms with Gasteiger partial charge in [0.25, 0.3) is 8.32 Å². The van der Waals surface area contributed by atoms with E-state index >= 15 is 0 Å². The second-order valence-electron chi connectivity index (χ2n) is 7.56. The fraction of sp³-hybridized carbons (Fsp3) is 0.350. The zero-order chi connectivity index (χ0) is 17.4. The van der Waals surface area contributed by atoms with Crippen LogP contribution in [0.15, 0.2) is 60.7 Å². The second-order valence-corrected chi connectivity index (χ2v) is 11.8. The average Bonchev–Trinajstić information content (AvgIpc) is 3.34. The van der Waals surface area contributed by atoms with Crippen LogP contribution in [0.1, 0.15) is 33.6 Å². The van der Waals surface area contributed by atoms with Gasteiger partial charge in [0.15, 0.2) is 5.60 Å². The lowest BCUT2D eigenvalue weighted by molar-refractivity contribution is -0.147. The van der Waals surface area contributed by atoms with Crippen LogP contribution in [0.2, 0.25) is 5.04 Å². The summed E-state index contributed by atoms with van der Waals surface area (Å²) in [6, 6.07) is 20.4. The lowest BCUT2D eigenvalue weighted by atomic mass is 10.2. The molecule has 24 heavy (non-hydrogen) atoms. The Morgan fingerprint density at radius 2 is 1.38 bits per heavy atom. The summed E-state index contributed by atoms with van der Waals surface area (Å²) in [6.45, 7) is 6.49. The highest BCUT2D eigenvalue weighted by molar-refractivity contribution is 6.99. The topological polar surface area (TPSA) is 46.5 Å². The molecule has 0 saturated heterocycles. The molecular formula is C20H24O3Si. The maximum Gasteiger partial charge on any atom is 0.334 e. The van der Waals surface area contributed by atoms with E-state index in [1.54, 1.807) is 0 Å². The van der Waals surface area contributed by atoms with E-state index in [4.69, 9.17) is 4.43 Å². The van der Waals surface area contributed by atoms with Crippen molar-refractivity contribution in [3.8, 4) is 0 Å². The quantitative estimate of drug-likeness (QED) is 0.851. The van der Waals surface area contributed by atoms with Gasteiger partial charge in [0.2, 0.25) is 0 Å². The molecule has 0 heterocycles. The van der Waals surface area contributed by atoms with E-state index in [9.17, 15) is 9.90 Å². The van der Waals surface area contributed by atoms with Crippen LogP contribution in [0.4, 0.5) is 0 Å². The van der Waals surface area contributed by atoms with E-state index in [0.717, 1.165) is 10.4 Å². The molecular weight excluding hydrogens is 316 g/mol. The lowest BCUT2D eigenvalue weighted by Crippen LogP contribution is -2.68. The Hall–Kier alpha value is -1.91. The van der Waals surface area contributed by atoms with Gasteiger partial charge < -0.3 is 9.53 Å². The van der Waals surface area contributed by atoms with Gasteiger partial charge in [-0.2, -0.15) is 0 Å². The van der Waals surface area contributed by atoms with Crippen LogP contribution in [0, 0.1) is 0 Å². The monoisotopic (exact) mass is 340 g/mol. The number of hydrogen-bond donors (Lipinski definition) is 1. The molecule has 0 unspecified atom stereocenters. The molecule has 1 aliphatic rings.